The van der Waals surface area contributed by atoms with Gasteiger partial charge in [0.05, 0.1) is 11.0 Å². The quantitative estimate of drug-likeness (QED) is 0.577. The Morgan fingerprint density at radius 2 is 1.31 bits per heavy atom. The van der Waals surface area contributed by atoms with Crippen molar-refractivity contribution in [2.24, 2.45) is 5.73 Å². The third kappa shape index (κ3) is 4.82. The van der Waals surface area contributed by atoms with Crippen molar-refractivity contribution in [3.8, 4) is 0 Å². The Hall–Kier alpha value is -3.61. The van der Waals surface area contributed by atoms with Crippen molar-refractivity contribution in [1.82, 2.24) is 5.32 Å². The lowest BCUT2D eigenvalue weighted by Crippen LogP contribution is -2.52. The topological polar surface area (TPSA) is 72.2 Å². The number of nitrogens with one attached hydrogen (secondary N) is 1. The Morgan fingerprint density at radius 3 is 1.78 bits per heavy atom. The van der Waals surface area contributed by atoms with Gasteiger partial charge < -0.3 is 11.1 Å². The number of hydrogen-bond acceptors (Lipinski definition) is 2. The lowest BCUT2D eigenvalue weighted by atomic mass is 9.75. The number of nitrogens with two attached hydrogens (primary N) is 1. The molecule has 0 unspecified atom stereocenters. The molecule has 166 valence electrons. The Balaban J connectivity index is 1.97. The predicted molar refractivity (Wildman–Crippen MR) is 116 cm³/mol. The molecule has 0 aliphatic rings. The normalized spacial score (nSPS) is 12.8. The van der Waals surface area contributed by atoms with Gasteiger partial charge in [0.25, 0.3) is 0 Å². The Bertz CT molecular complexity index is 1040. The highest BCUT2D eigenvalue weighted by molar-refractivity contribution is 5.95. The Kier molecular flexibility index (Phi) is 6.67. The number of benzene rings is 3. The highest BCUT2D eigenvalue weighted by Crippen LogP contribution is 2.34. The van der Waals surface area contributed by atoms with Gasteiger partial charge in [-0.1, -0.05) is 78.9 Å². The molecular formula is C25H23F3N2O2. The minimum Gasteiger partial charge on any atom is -0.368 e. The van der Waals surface area contributed by atoms with Gasteiger partial charge in [0.15, 0.2) is 0 Å². The fourth-order valence-electron chi connectivity index (χ4n) is 3.69. The van der Waals surface area contributed by atoms with Gasteiger partial charge in [-0.25, -0.2) is 0 Å². The second-order valence-electron chi connectivity index (χ2n) is 7.64. The minimum absolute atomic E-state index is 0.120. The number of carbonyl (C=O) groups is 2. The van der Waals surface area contributed by atoms with E-state index < -0.39 is 35.0 Å². The van der Waals surface area contributed by atoms with E-state index in [9.17, 15) is 22.8 Å². The molecule has 0 radical (unpaired) electrons. The average molecular weight is 440 g/mol. The molecule has 0 fully saturated rings. The summed E-state index contributed by atoms with van der Waals surface area (Å²) in [5, 5.41) is 2.60. The average Bonchev–Trinajstić information content (AvgIpc) is 2.78. The van der Waals surface area contributed by atoms with E-state index in [1.165, 1.54) is 18.2 Å². The predicted octanol–water partition coefficient (Wildman–Crippen LogP) is 4.22. The van der Waals surface area contributed by atoms with Gasteiger partial charge in [-0.2, -0.15) is 13.2 Å². The fourth-order valence-corrected chi connectivity index (χ4v) is 3.69. The van der Waals surface area contributed by atoms with E-state index in [2.05, 4.69) is 5.32 Å². The van der Waals surface area contributed by atoms with Crippen molar-refractivity contribution in [2.75, 3.05) is 0 Å². The highest BCUT2D eigenvalue weighted by Gasteiger charge is 2.39. The molecule has 2 amide bonds. The molecule has 32 heavy (non-hydrogen) atoms. The monoisotopic (exact) mass is 440 g/mol. The van der Waals surface area contributed by atoms with Crippen LogP contribution in [0.1, 0.15) is 29.2 Å². The lowest BCUT2D eigenvalue weighted by molar-refractivity contribution is -0.138. The van der Waals surface area contributed by atoms with E-state index >= 15 is 0 Å². The minimum atomic E-state index is -4.59. The molecule has 0 aliphatic heterocycles. The molecule has 0 heterocycles. The van der Waals surface area contributed by atoms with Gasteiger partial charge in [-0.15, -0.1) is 0 Å². The summed E-state index contributed by atoms with van der Waals surface area (Å²) in [4.78, 5) is 25.6. The standard InChI is InChI=1S/C25H23F3N2O2/c1-24(18-11-4-2-5-12-18,19-13-6-3-7-14-19)23(32)30-21(22(29)31)16-17-10-8-9-15-20(17)25(26,27)28/h2-15,21H,16H2,1H3,(H2,29,31)(H,30,32)/t21-/m1/s1. The van der Waals surface area contributed by atoms with Crippen LogP contribution in [0.5, 0.6) is 0 Å². The van der Waals surface area contributed by atoms with Crippen molar-refractivity contribution in [1.29, 1.82) is 0 Å². The summed E-state index contributed by atoms with van der Waals surface area (Å²) in [6.45, 7) is 1.70. The molecule has 0 aromatic heterocycles. The maximum atomic E-state index is 13.5. The maximum Gasteiger partial charge on any atom is 0.416 e. The molecule has 3 aromatic rings. The number of amides is 2. The third-order valence-corrected chi connectivity index (χ3v) is 5.55. The molecule has 1 atom stereocenters. The summed E-state index contributed by atoms with van der Waals surface area (Å²) in [6, 6.07) is 21.5. The van der Waals surface area contributed by atoms with Gasteiger partial charge in [0, 0.05) is 6.42 Å². The second kappa shape index (κ2) is 9.26. The molecule has 4 nitrogen and oxygen atoms in total. The molecule has 0 saturated carbocycles. The van der Waals surface area contributed by atoms with Gasteiger partial charge in [-0.05, 0) is 29.7 Å². The van der Waals surface area contributed by atoms with Crippen LogP contribution in [0, 0.1) is 0 Å². The van der Waals surface area contributed by atoms with E-state index in [1.807, 2.05) is 12.1 Å². The smallest absolute Gasteiger partial charge is 0.368 e. The number of hydrogen-bond donors (Lipinski definition) is 2. The molecule has 3 aromatic carbocycles. The first kappa shape index (κ1) is 23.1. The lowest BCUT2D eigenvalue weighted by Gasteiger charge is -2.31. The number of primary amides is 1. The van der Waals surface area contributed by atoms with E-state index in [4.69, 9.17) is 5.73 Å². The first-order chi connectivity index (χ1) is 15.1. The van der Waals surface area contributed by atoms with E-state index in [0.717, 1.165) is 6.07 Å². The van der Waals surface area contributed by atoms with Crippen molar-refractivity contribution in [2.45, 2.75) is 31.0 Å². The summed E-state index contributed by atoms with van der Waals surface area (Å²) in [7, 11) is 0. The van der Waals surface area contributed by atoms with Crippen LogP contribution in [-0.2, 0) is 27.6 Å². The van der Waals surface area contributed by atoms with Crippen LogP contribution in [0.15, 0.2) is 84.9 Å². The maximum absolute atomic E-state index is 13.5. The molecule has 0 spiro atoms. The van der Waals surface area contributed by atoms with Crippen LogP contribution >= 0.6 is 0 Å². The fraction of sp³-hybridized carbons (Fsp3) is 0.200. The Labute approximate surface area is 184 Å². The van der Waals surface area contributed by atoms with E-state index in [-0.39, 0.29) is 12.0 Å². The van der Waals surface area contributed by atoms with Gasteiger partial charge >= 0.3 is 6.18 Å². The zero-order chi connectivity index (χ0) is 23.4. The van der Waals surface area contributed by atoms with Crippen LogP contribution < -0.4 is 11.1 Å². The van der Waals surface area contributed by atoms with Crippen molar-refractivity contribution >= 4 is 11.8 Å². The SMILES string of the molecule is CC(C(=O)N[C@H](Cc1ccccc1C(F)(F)F)C(N)=O)(c1ccccc1)c1ccccc1. The zero-order valence-electron chi connectivity index (χ0n) is 17.4. The highest BCUT2D eigenvalue weighted by atomic mass is 19.4. The number of rotatable bonds is 7. The largest absolute Gasteiger partial charge is 0.416 e. The summed E-state index contributed by atoms with van der Waals surface area (Å²) < 4.78 is 40.2. The molecule has 3 N–H and O–H groups in total. The molecule has 0 bridgehead atoms. The molecule has 0 aliphatic carbocycles. The number of carbonyl (C=O) groups excluding carboxylic acids is 2. The van der Waals surface area contributed by atoms with Crippen LogP contribution in [0.3, 0.4) is 0 Å². The van der Waals surface area contributed by atoms with Gasteiger partial charge in [-0.3, -0.25) is 9.59 Å². The van der Waals surface area contributed by atoms with Gasteiger partial charge in [0.2, 0.25) is 11.8 Å². The van der Waals surface area contributed by atoms with Gasteiger partial charge in [0.1, 0.15) is 6.04 Å². The van der Waals surface area contributed by atoms with Crippen LogP contribution in [0.2, 0.25) is 0 Å². The summed E-state index contributed by atoms with van der Waals surface area (Å²) >= 11 is 0. The van der Waals surface area contributed by atoms with Crippen LogP contribution in [0.25, 0.3) is 0 Å². The zero-order valence-corrected chi connectivity index (χ0v) is 17.4. The van der Waals surface area contributed by atoms with E-state index in [1.54, 1.807) is 55.5 Å². The molecule has 3 rings (SSSR count). The van der Waals surface area contributed by atoms with Crippen LogP contribution in [0.4, 0.5) is 13.2 Å². The first-order valence-electron chi connectivity index (χ1n) is 10.0. The molecular weight excluding hydrogens is 417 g/mol. The van der Waals surface area contributed by atoms with Crippen molar-refractivity contribution in [3.05, 3.63) is 107 Å². The summed E-state index contributed by atoms with van der Waals surface area (Å²) in [6.07, 6.45) is -4.97. The number of alkyl halides is 3. The molecule has 7 heteroatoms. The number of halogens is 3. The Morgan fingerprint density at radius 1 is 0.844 bits per heavy atom. The molecule has 0 saturated heterocycles. The van der Waals surface area contributed by atoms with E-state index in [0.29, 0.717) is 11.1 Å². The first-order valence-corrected chi connectivity index (χ1v) is 10.0. The second-order valence-corrected chi connectivity index (χ2v) is 7.64. The van der Waals surface area contributed by atoms with Crippen molar-refractivity contribution < 1.29 is 22.8 Å². The van der Waals surface area contributed by atoms with Crippen molar-refractivity contribution in [3.63, 3.8) is 0 Å². The third-order valence-electron chi connectivity index (χ3n) is 5.55. The summed E-state index contributed by atoms with van der Waals surface area (Å²) in [5.74, 6) is -1.46. The van der Waals surface area contributed by atoms with Crippen LogP contribution in [-0.4, -0.2) is 17.9 Å². The summed E-state index contributed by atoms with van der Waals surface area (Å²) in [5.41, 5.74) is 4.63.